The van der Waals surface area contributed by atoms with Gasteiger partial charge in [-0.2, -0.15) is 0 Å². The van der Waals surface area contributed by atoms with Crippen molar-refractivity contribution in [3.05, 3.63) is 24.3 Å². The summed E-state index contributed by atoms with van der Waals surface area (Å²) in [5, 5.41) is 6.37. The molecule has 1 unspecified atom stereocenters. The lowest BCUT2D eigenvalue weighted by Crippen LogP contribution is -2.14. The second-order valence-corrected chi connectivity index (χ2v) is 5.24. The number of nitrogens with one attached hydrogen (secondary N) is 2. The molecule has 0 radical (unpaired) electrons. The van der Waals surface area contributed by atoms with Gasteiger partial charge in [-0.25, -0.2) is 0 Å². The molecular formula is C15H22N2O. The summed E-state index contributed by atoms with van der Waals surface area (Å²) in [7, 11) is 0. The van der Waals surface area contributed by atoms with Crippen molar-refractivity contribution in [1.82, 2.24) is 0 Å². The van der Waals surface area contributed by atoms with Crippen molar-refractivity contribution in [2.75, 3.05) is 17.2 Å². The van der Waals surface area contributed by atoms with E-state index in [0.717, 1.165) is 30.8 Å². The highest BCUT2D eigenvalue weighted by molar-refractivity contribution is 5.94. The summed E-state index contributed by atoms with van der Waals surface area (Å²) in [5.41, 5.74) is 1.96. The van der Waals surface area contributed by atoms with Crippen LogP contribution in [0.5, 0.6) is 0 Å². The van der Waals surface area contributed by atoms with Gasteiger partial charge in [0.05, 0.1) is 0 Å². The fourth-order valence-electron chi connectivity index (χ4n) is 1.73. The Kier molecular flexibility index (Phi) is 4.24. The summed E-state index contributed by atoms with van der Waals surface area (Å²) < 4.78 is 0. The van der Waals surface area contributed by atoms with Crippen LogP contribution in [-0.2, 0) is 4.79 Å². The molecule has 0 aliphatic heterocycles. The molecule has 1 aromatic carbocycles. The molecule has 0 aromatic heterocycles. The van der Waals surface area contributed by atoms with Crippen molar-refractivity contribution in [3.8, 4) is 0 Å². The van der Waals surface area contributed by atoms with Crippen LogP contribution in [0.25, 0.3) is 0 Å². The van der Waals surface area contributed by atoms with E-state index in [-0.39, 0.29) is 11.8 Å². The largest absolute Gasteiger partial charge is 0.385 e. The van der Waals surface area contributed by atoms with Crippen molar-refractivity contribution in [2.45, 2.75) is 33.1 Å². The van der Waals surface area contributed by atoms with Gasteiger partial charge in [0.15, 0.2) is 0 Å². The summed E-state index contributed by atoms with van der Waals surface area (Å²) in [6.45, 7) is 5.39. The monoisotopic (exact) mass is 246 g/mol. The predicted octanol–water partition coefficient (Wildman–Crippen LogP) is 3.49. The van der Waals surface area contributed by atoms with Gasteiger partial charge >= 0.3 is 0 Å². The van der Waals surface area contributed by atoms with E-state index in [1.54, 1.807) is 0 Å². The first-order chi connectivity index (χ1) is 8.69. The maximum atomic E-state index is 11.7. The highest BCUT2D eigenvalue weighted by atomic mass is 16.2. The van der Waals surface area contributed by atoms with Gasteiger partial charge in [-0.1, -0.05) is 26.3 Å². The number of carbonyl (C=O) groups excluding carboxylic acids is 1. The number of rotatable bonds is 6. The molecular weight excluding hydrogens is 224 g/mol. The van der Waals surface area contributed by atoms with Crippen molar-refractivity contribution < 1.29 is 4.79 Å². The van der Waals surface area contributed by atoms with E-state index in [2.05, 4.69) is 24.5 Å². The van der Waals surface area contributed by atoms with Gasteiger partial charge < -0.3 is 10.6 Å². The van der Waals surface area contributed by atoms with Crippen LogP contribution in [0.15, 0.2) is 24.3 Å². The summed E-state index contributed by atoms with van der Waals surface area (Å²) in [6, 6.07) is 7.95. The van der Waals surface area contributed by atoms with Gasteiger partial charge in [0.25, 0.3) is 0 Å². The Balaban J connectivity index is 1.89. The van der Waals surface area contributed by atoms with Crippen molar-refractivity contribution in [1.29, 1.82) is 0 Å². The highest BCUT2D eigenvalue weighted by Gasteiger charge is 2.29. The van der Waals surface area contributed by atoms with Gasteiger partial charge in [0.2, 0.25) is 5.91 Å². The van der Waals surface area contributed by atoms with Gasteiger partial charge in [-0.15, -0.1) is 0 Å². The molecule has 1 aromatic rings. The molecule has 0 saturated heterocycles. The molecule has 1 saturated carbocycles. The fraction of sp³-hybridized carbons (Fsp3) is 0.533. The zero-order valence-electron chi connectivity index (χ0n) is 11.2. The van der Waals surface area contributed by atoms with E-state index < -0.39 is 0 Å². The number of anilines is 2. The Hall–Kier alpha value is -1.51. The van der Waals surface area contributed by atoms with E-state index in [9.17, 15) is 4.79 Å². The third-order valence-electron chi connectivity index (χ3n) is 3.43. The Morgan fingerprint density at radius 3 is 2.78 bits per heavy atom. The Morgan fingerprint density at radius 1 is 1.39 bits per heavy atom. The molecule has 1 fully saturated rings. The number of hydrogen-bond acceptors (Lipinski definition) is 2. The minimum atomic E-state index is 0.161. The first-order valence-corrected chi connectivity index (χ1v) is 6.84. The fourth-order valence-corrected chi connectivity index (χ4v) is 1.73. The first kappa shape index (κ1) is 12.9. The lowest BCUT2D eigenvalue weighted by atomic mass is 10.1. The second-order valence-electron chi connectivity index (χ2n) is 5.24. The molecule has 1 amide bonds. The van der Waals surface area contributed by atoms with Crippen molar-refractivity contribution in [2.24, 2.45) is 11.8 Å². The van der Waals surface area contributed by atoms with E-state index >= 15 is 0 Å². The minimum Gasteiger partial charge on any atom is -0.385 e. The number of carbonyl (C=O) groups is 1. The molecule has 3 heteroatoms. The highest BCUT2D eigenvalue weighted by Crippen LogP contribution is 2.30. The topological polar surface area (TPSA) is 41.1 Å². The van der Waals surface area contributed by atoms with E-state index in [0.29, 0.717) is 5.92 Å². The average Bonchev–Trinajstić information content (AvgIpc) is 3.20. The molecule has 2 N–H and O–H groups in total. The summed E-state index contributed by atoms with van der Waals surface area (Å²) >= 11 is 0. The van der Waals surface area contributed by atoms with Crippen LogP contribution in [0, 0.1) is 11.8 Å². The zero-order valence-corrected chi connectivity index (χ0v) is 11.2. The number of hydrogen-bond donors (Lipinski definition) is 2. The summed E-state index contributed by atoms with van der Waals surface area (Å²) in [4.78, 5) is 11.7. The minimum absolute atomic E-state index is 0.161. The number of amides is 1. The van der Waals surface area contributed by atoms with Crippen molar-refractivity contribution >= 4 is 17.3 Å². The van der Waals surface area contributed by atoms with Crippen LogP contribution in [0.4, 0.5) is 11.4 Å². The average molecular weight is 246 g/mol. The standard InChI is InChI=1S/C15H22N2O/c1-3-11(2)10-16-13-5-4-6-14(9-13)17-15(18)12-7-8-12/h4-6,9,11-12,16H,3,7-8,10H2,1-2H3,(H,17,18). The molecule has 1 atom stereocenters. The van der Waals surface area contributed by atoms with Crippen LogP contribution in [0.2, 0.25) is 0 Å². The van der Waals surface area contributed by atoms with E-state index in [1.165, 1.54) is 6.42 Å². The lowest BCUT2D eigenvalue weighted by Gasteiger charge is -2.12. The summed E-state index contributed by atoms with van der Waals surface area (Å²) in [5.74, 6) is 1.07. The molecule has 18 heavy (non-hydrogen) atoms. The van der Waals surface area contributed by atoms with Crippen LogP contribution in [0.1, 0.15) is 33.1 Å². The molecule has 0 heterocycles. The first-order valence-electron chi connectivity index (χ1n) is 6.84. The Labute approximate surface area is 109 Å². The predicted molar refractivity (Wildman–Crippen MR) is 75.7 cm³/mol. The molecule has 3 nitrogen and oxygen atoms in total. The van der Waals surface area contributed by atoms with Crippen LogP contribution in [0.3, 0.4) is 0 Å². The van der Waals surface area contributed by atoms with E-state index in [1.807, 2.05) is 24.3 Å². The van der Waals surface area contributed by atoms with Gasteiger partial charge in [-0.05, 0) is 37.0 Å². The van der Waals surface area contributed by atoms with Gasteiger partial charge in [-0.3, -0.25) is 4.79 Å². The normalized spacial score (nSPS) is 16.1. The van der Waals surface area contributed by atoms with Gasteiger partial charge in [0, 0.05) is 23.8 Å². The SMILES string of the molecule is CCC(C)CNc1cccc(NC(=O)C2CC2)c1. The maximum Gasteiger partial charge on any atom is 0.227 e. The van der Waals surface area contributed by atoms with Crippen LogP contribution >= 0.6 is 0 Å². The van der Waals surface area contributed by atoms with Crippen molar-refractivity contribution in [3.63, 3.8) is 0 Å². The summed E-state index contributed by atoms with van der Waals surface area (Å²) in [6.07, 6.45) is 3.25. The Morgan fingerprint density at radius 2 is 2.11 bits per heavy atom. The van der Waals surface area contributed by atoms with Gasteiger partial charge in [0.1, 0.15) is 0 Å². The third-order valence-corrected chi connectivity index (χ3v) is 3.43. The molecule has 98 valence electrons. The van der Waals surface area contributed by atoms with Crippen LogP contribution < -0.4 is 10.6 Å². The molecule has 2 rings (SSSR count). The van der Waals surface area contributed by atoms with E-state index in [4.69, 9.17) is 0 Å². The van der Waals surface area contributed by atoms with Crippen LogP contribution in [-0.4, -0.2) is 12.5 Å². The zero-order chi connectivity index (χ0) is 13.0. The third kappa shape index (κ3) is 3.76. The number of benzene rings is 1. The smallest absolute Gasteiger partial charge is 0.227 e. The molecule has 0 bridgehead atoms. The second kappa shape index (κ2) is 5.89. The molecule has 1 aliphatic carbocycles. The quantitative estimate of drug-likeness (QED) is 0.806. The lowest BCUT2D eigenvalue weighted by molar-refractivity contribution is -0.117. The molecule has 0 spiro atoms. The Bertz CT molecular complexity index is 413. The molecule has 1 aliphatic rings. The maximum absolute atomic E-state index is 11.7.